The normalized spacial score (nSPS) is 10.3. The van der Waals surface area contributed by atoms with Gasteiger partial charge in [-0.3, -0.25) is 0 Å². The summed E-state index contributed by atoms with van der Waals surface area (Å²) in [5.41, 5.74) is 3.03. The molecule has 0 fully saturated rings. The number of ether oxygens (including phenoxy) is 1. The van der Waals surface area contributed by atoms with Crippen molar-refractivity contribution in [3.8, 4) is 11.3 Å². The van der Waals surface area contributed by atoms with Gasteiger partial charge in [0.05, 0.1) is 0 Å². The zero-order valence-corrected chi connectivity index (χ0v) is 12.7. The molecule has 0 aliphatic heterocycles. The monoisotopic (exact) mass is 296 g/mol. The average Bonchev–Trinajstić information content (AvgIpc) is 2.81. The maximum absolute atomic E-state index is 5.02. The van der Waals surface area contributed by atoms with Crippen LogP contribution in [0, 0.1) is 0 Å². The van der Waals surface area contributed by atoms with E-state index in [2.05, 4.69) is 27.6 Å². The zero-order valence-electron chi connectivity index (χ0n) is 11.9. The van der Waals surface area contributed by atoms with E-state index in [9.17, 15) is 0 Å². The van der Waals surface area contributed by atoms with Crippen molar-refractivity contribution in [2.75, 3.05) is 20.3 Å². The van der Waals surface area contributed by atoms with Crippen LogP contribution in [0.3, 0.4) is 0 Å². The number of benzene rings is 1. The standard InChI is InChI=1S/C14H20N4O.ClH/c1-18-16-13(11-15-9-6-10-19-2)14(17-18)12-7-4-3-5-8-12;/h3-5,7-8,15H,6,9-11H2,1-2H3;1H. The van der Waals surface area contributed by atoms with E-state index in [4.69, 9.17) is 4.74 Å². The first-order chi connectivity index (χ1) is 9.31. The number of methoxy groups -OCH3 is 1. The van der Waals surface area contributed by atoms with Crippen molar-refractivity contribution in [3.05, 3.63) is 36.0 Å². The van der Waals surface area contributed by atoms with Gasteiger partial charge in [-0.05, 0) is 13.0 Å². The van der Waals surface area contributed by atoms with Gasteiger partial charge < -0.3 is 10.1 Å². The van der Waals surface area contributed by atoms with Gasteiger partial charge in [-0.15, -0.1) is 12.4 Å². The Balaban J connectivity index is 0.00000200. The van der Waals surface area contributed by atoms with Gasteiger partial charge in [0, 0.05) is 32.9 Å². The Bertz CT molecular complexity index is 501. The molecule has 0 aliphatic rings. The Morgan fingerprint density at radius 3 is 2.65 bits per heavy atom. The molecular formula is C14H21ClN4O. The van der Waals surface area contributed by atoms with Crippen molar-refractivity contribution < 1.29 is 4.74 Å². The predicted molar refractivity (Wildman–Crippen MR) is 81.9 cm³/mol. The first-order valence-electron chi connectivity index (χ1n) is 6.46. The summed E-state index contributed by atoms with van der Waals surface area (Å²) in [5, 5.41) is 12.2. The van der Waals surface area contributed by atoms with Crippen LogP contribution in [0.2, 0.25) is 0 Å². The molecule has 0 saturated heterocycles. The lowest BCUT2D eigenvalue weighted by Crippen LogP contribution is -2.17. The summed E-state index contributed by atoms with van der Waals surface area (Å²) < 4.78 is 5.02. The maximum Gasteiger partial charge on any atom is 0.117 e. The number of aryl methyl sites for hydroxylation is 1. The minimum Gasteiger partial charge on any atom is -0.385 e. The van der Waals surface area contributed by atoms with E-state index in [0.29, 0.717) is 0 Å². The quantitative estimate of drug-likeness (QED) is 0.794. The average molecular weight is 297 g/mol. The van der Waals surface area contributed by atoms with E-state index in [1.807, 2.05) is 25.2 Å². The largest absolute Gasteiger partial charge is 0.385 e. The van der Waals surface area contributed by atoms with Crippen LogP contribution < -0.4 is 5.32 Å². The fraction of sp³-hybridized carbons (Fsp3) is 0.429. The van der Waals surface area contributed by atoms with Crippen molar-refractivity contribution in [3.63, 3.8) is 0 Å². The van der Waals surface area contributed by atoms with Gasteiger partial charge in [0.1, 0.15) is 11.4 Å². The molecule has 0 amide bonds. The number of halogens is 1. The second-order valence-electron chi connectivity index (χ2n) is 4.37. The Kier molecular flexibility index (Phi) is 7.22. The molecule has 0 bridgehead atoms. The molecule has 2 rings (SSSR count). The maximum atomic E-state index is 5.02. The van der Waals surface area contributed by atoms with Crippen LogP contribution in [-0.4, -0.2) is 35.3 Å². The third-order valence-electron chi connectivity index (χ3n) is 2.83. The molecule has 0 saturated carbocycles. The summed E-state index contributed by atoms with van der Waals surface area (Å²) in [6.45, 7) is 2.42. The molecule has 5 nitrogen and oxygen atoms in total. The van der Waals surface area contributed by atoms with Crippen LogP contribution in [0.25, 0.3) is 11.3 Å². The fourth-order valence-corrected chi connectivity index (χ4v) is 1.93. The topological polar surface area (TPSA) is 52.0 Å². The van der Waals surface area contributed by atoms with E-state index >= 15 is 0 Å². The molecule has 0 atom stereocenters. The van der Waals surface area contributed by atoms with Crippen LogP contribution >= 0.6 is 12.4 Å². The van der Waals surface area contributed by atoms with E-state index in [-0.39, 0.29) is 12.4 Å². The smallest absolute Gasteiger partial charge is 0.117 e. The summed E-state index contributed by atoms with van der Waals surface area (Å²) in [5.74, 6) is 0. The van der Waals surface area contributed by atoms with Gasteiger partial charge in [-0.25, -0.2) is 0 Å². The molecule has 1 aromatic heterocycles. The van der Waals surface area contributed by atoms with Crippen molar-refractivity contribution in [2.45, 2.75) is 13.0 Å². The number of rotatable bonds is 7. The first kappa shape index (κ1) is 16.6. The number of nitrogens with zero attached hydrogens (tertiary/aromatic N) is 3. The van der Waals surface area contributed by atoms with Gasteiger partial charge in [-0.1, -0.05) is 30.3 Å². The molecule has 110 valence electrons. The molecule has 1 heterocycles. The summed E-state index contributed by atoms with van der Waals surface area (Å²) in [6, 6.07) is 10.1. The Hall–Kier alpha value is -1.43. The van der Waals surface area contributed by atoms with Gasteiger partial charge in [0.25, 0.3) is 0 Å². The molecular weight excluding hydrogens is 276 g/mol. The highest BCUT2D eigenvalue weighted by Gasteiger charge is 2.10. The molecule has 0 aliphatic carbocycles. The van der Waals surface area contributed by atoms with E-state index in [1.54, 1.807) is 11.9 Å². The molecule has 1 N–H and O–H groups in total. The van der Waals surface area contributed by atoms with E-state index < -0.39 is 0 Å². The first-order valence-corrected chi connectivity index (χ1v) is 6.46. The minimum atomic E-state index is 0. The summed E-state index contributed by atoms with van der Waals surface area (Å²) in [7, 11) is 3.57. The van der Waals surface area contributed by atoms with Gasteiger partial charge in [-0.2, -0.15) is 15.0 Å². The molecule has 2 aromatic rings. The second-order valence-corrected chi connectivity index (χ2v) is 4.37. The third kappa shape index (κ3) is 4.59. The number of hydrogen-bond donors (Lipinski definition) is 1. The van der Waals surface area contributed by atoms with E-state index in [1.165, 1.54) is 0 Å². The van der Waals surface area contributed by atoms with Crippen molar-refractivity contribution in [1.82, 2.24) is 20.3 Å². The van der Waals surface area contributed by atoms with Crippen LogP contribution in [0.15, 0.2) is 30.3 Å². The molecule has 0 unspecified atom stereocenters. The van der Waals surface area contributed by atoms with Gasteiger partial charge in [0.2, 0.25) is 0 Å². The molecule has 0 radical (unpaired) electrons. The third-order valence-corrected chi connectivity index (χ3v) is 2.83. The van der Waals surface area contributed by atoms with Gasteiger partial charge >= 0.3 is 0 Å². The number of nitrogens with one attached hydrogen (secondary N) is 1. The lowest BCUT2D eigenvalue weighted by Gasteiger charge is -2.03. The molecule has 20 heavy (non-hydrogen) atoms. The lowest BCUT2D eigenvalue weighted by atomic mass is 10.1. The Morgan fingerprint density at radius 1 is 1.20 bits per heavy atom. The fourth-order valence-electron chi connectivity index (χ4n) is 1.93. The van der Waals surface area contributed by atoms with E-state index in [0.717, 1.165) is 43.1 Å². The predicted octanol–water partition coefficient (Wildman–Crippen LogP) is 2.03. The number of aromatic nitrogens is 3. The summed E-state index contributed by atoms with van der Waals surface area (Å²) >= 11 is 0. The zero-order chi connectivity index (χ0) is 13.5. The van der Waals surface area contributed by atoms with Gasteiger partial charge in [0.15, 0.2) is 0 Å². The minimum absolute atomic E-state index is 0. The lowest BCUT2D eigenvalue weighted by molar-refractivity contribution is 0.194. The second kappa shape index (κ2) is 8.68. The summed E-state index contributed by atoms with van der Waals surface area (Å²) in [4.78, 5) is 1.62. The Morgan fingerprint density at radius 2 is 1.95 bits per heavy atom. The summed E-state index contributed by atoms with van der Waals surface area (Å²) in [6.07, 6.45) is 0.997. The highest BCUT2D eigenvalue weighted by molar-refractivity contribution is 5.85. The van der Waals surface area contributed by atoms with Crippen LogP contribution in [-0.2, 0) is 18.3 Å². The molecule has 6 heteroatoms. The van der Waals surface area contributed by atoms with Crippen molar-refractivity contribution in [2.24, 2.45) is 7.05 Å². The van der Waals surface area contributed by atoms with Crippen LogP contribution in [0.1, 0.15) is 12.1 Å². The number of hydrogen-bond acceptors (Lipinski definition) is 4. The van der Waals surface area contributed by atoms with Crippen molar-refractivity contribution >= 4 is 12.4 Å². The molecule has 1 aromatic carbocycles. The van der Waals surface area contributed by atoms with Crippen LogP contribution in [0.5, 0.6) is 0 Å². The molecule has 0 spiro atoms. The SMILES string of the molecule is COCCCNCc1nn(C)nc1-c1ccccc1.Cl. The van der Waals surface area contributed by atoms with Crippen molar-refractivity contribution in [1.29, 1.82) is 0 Å². The van der Waals surface area contributed by atoms with Crippen LogP contribution in [0.4, 0.5) is 0 Å². The highest BCUT2D eigenvalue weighted by atomic mass is 35.5. The highest BCUT2D eigenvalue weighted by Crippen LogP contribution is 2.19. The Labute approximate surface area is 125 Å².